The lowest BCUT2D eigenvalue weighted by molar-refractivity contribution is -0.117. The lowest BCUT2D eigenvalue weighted by atomic mass is 9.84. The van der Waals surface area contributed by atoms with Crippen molar-refractivity contribution in [3.63, 3.8) is 0 Å². The number of nitrogens with one attached hydrogen (secondary N) is 2. The number of rotatable bonds is 8. The second-order valence-electron chi connectivity index (χ2n) is 7.91. The van der Waals surface area contributed by atoms with Gasteiger partial charge in [0.2, 0.25) is 5.91 Å². The van der Waals surface area contributed by atoms with E-state index in [9.17, 15) is 4.79 Å². The van der Waals surface area contributed by atoms with Crippen LogP contribution in [0.4, 0.5) is 10.8 Å². The highest BCUT2D eigenvalue weighted by atomic mass is 32.1. The van der Waals surface area contributed by atoms with Crippen LogP contribution < -0.4 is 10.6 Å². The monoisotopic (exact) mass is 371 g/mol. The third-order valence-corrected chi connectivity index (χ3v) is 4.64. The fourth-order valence-corrected chi connectivity index (χ4v) is 3.78. The van der Waals surface area contributed by atoms with Gasteiger partial charge in [0.15, 0.2) is 5.13 Å². The van der Waals surface area contributed by atoms with Crippen LogP contribution in [-0.4, -0.2) is 17.4 Å². The summed E-state index contributed by atoms with van der Waals surface area (Å²) in [5.74, 6) is 0.417. The van der Waals surface area contributed by atoms with E-state index in [-0.39, 0.29) is 11.3 Å². The van der Waals surface area contributed by atoms with Gasteiger partial charge in [-0.2, -0.15) is 0 Å². The maximum atomic E-state index is 12.3. The molecule has 0 radical (unpaired) electrons. The highest BCUT2D eigenvalue weighted by Crippen LogP contribution is 2.28. The lowest BCUT2D eigenvalue weighted by Gasteiger charge is -2.22. The highest BCUT2D eigenvalue weighted by molar-refractivity contribution is 7.14. The van der Waals surface area contributed by atoms with Crippen LogP contribution in [0.25, 0.3) is 11.3 Å². The first-order chi connectivity index (χ1) is 12.3. The van der Waals surface area contributed by atoms with Crippen LogP contribution in [0.2, 0.25) is 0 Å². The number of carbonyl (C=O) groups is 1. The molecule has 0 saturated carbocycles. The Bertz CT molecular complexity index is 746. The average Bonchev–Trinajstić information content (AvgIpc) is 3.00. The van der Waals surface area contributed by atoms with Gasteiger partial charge < -0.3 is 10.6 Å². The summed E-state index contributed by atoms with van der Waals surface area (Å²) in [5, 5.41) is 9.09. The van der Waals surface area contributed by atoms with Gasteiger partial charge >= 0.3 is 0 Å². The molecule has 4 nitrogen and oxygen atoms in total. The lowest BCUT2D eigenvalue weighted by Crippen LogP contribution is -2.18. The zero-order valence-corrected chi connectivity index (χ0v) is 17.0. The van der Waals surface area contributed by atoms with E-state index in [0.29, 0.717) is 18.9 Å². The summed E-state index contributed by atoms with van der Waals surface area (Å²) in [6.45, 7) is 13.1. The molecule has 0 saturated heterocycles. The molecule has 0 bridgehead atoms. The van der Waals surface area contributed by atoms with E-state index < -0.39 is 0 Å². The molecule has 0 aliphatic heterocycles. The van der Waals surface area contributed by atoms with E-state index in [4.69, 9.17) is 0 Å². The van der Waals surface area contributed by atoms with Crippen LogP contribution in [0.5, 0.6) is 0 Å². The number of hydrogen-bond donors (Lipinski definition) is 2. The van der Waals surface area contributed by atoms with Crippen LogP contribution in [0.1, 0.15) is 40.5 Å². The maximum Gasteiger partial charge on any atom is 0.224 e. The molecule has 1 aromatic heterocycles. The van der Waals surface area contributed by atoms with Crippen LogP contribution in [0, 0.1) is 11.3 Å². The van der Waals surface area contributed by atoms with Crippen LogP contribution >= 0.6 is 11.3 Å². The van der Waals surface area contributed by atoms with Crippen molar-refractivity contribution in [2.45, 2.75) is 40.5 Å². The number of benzene rings is 1. The molecule has 1 aromatic carbocycles. The molecule has 1 amide bonds. The molecule has 140 valence electrons. The Balaban J connectivity index is 1.99. The summed E-state index contributed by atoms with van der Waals surface area (Å²) in [6.07, 6.45) is 3.37. The van der Waals surface area contributed by atoms with E-state index in [0.717, 1.165) is 28.5 Å². The fraction of sp³-hybridized carbons (Fsp3) is 0.429. The predicted octanol–water partition coefficient (Wildman–Crippen LogP) is 5.81. The van der Waals surface area contributed by atoms with E-state index in [2.05, 4.69) is 49.9 Å². The largest absolute Gasteiger partial charge is 0.358 e. The second-order valence-corrected chi connectivity index (χ2v) is 8.77. The molecule has 0 aliphatic rings. The number of nitrogens with zero attached hydrogens (tertiary/aromatic N) is 1. The first-order valence-electron chi connectivity index (χ1n) is 8.97. The van der Waals surface area contributed by atoms with Gasteiger partial charge in [-0.05, 0) is 29.9 Å². The number of amides is 1. The number of hydrogen-bond acceptors (Lipinski definition) is 4. The minimum absolute atomic E-state index is 0.0607. The molecule has 2 N–H and O–H groups in total. The summed E-state index contributed by atoms with van der Waals surface area (Å²) >= 11 is 1.56. The summed E-state index contributed by atoms with van der Waals surface area (Å²) in [6, 6.07) is 7.83. The van der Waals surface area contributed by atoms with Gasteiger partial charge in [0.1, 0.15) is 0 Å². The maximum absolute atomic E-state index is 12.3. The third kappa shape index (κ3) is 6.64. The Morgan fingerprint density at radius 1 is 1.38 bits per heavy atom. The number of thiazole rings is 1. The van der Waals surface area contributed by atoms with Gasteiger partial charge in [-0.3, -0.25) is 4.79 Å². The standard InChI is InChI=1S/C21H29N3OS/c1-6-10-22-20-24-18(14-26-20)16-8-7-9-17(12-16)23-19(25)11-15(2)13-21(3,4)5/h6-9,12,14-15H,1,10-11,13H2,2-5H3,(H,22,24)(H,23,25). The van der Waals surface area contributed by atoms with Gasteiger partial charge in [-0.25, -0.2) is 4.98 Å². The number of aromatic nitrogens is 1. The Kier molecular flexibility index (Phi) is 6.98. The number of carbonyl (C=O) groups excluding carboxylic acids is 1. The van der Waals surface area contributed by atoms with Crippen molar-refractivity contribution in [3.05, 3.63) is 42.3 Å². The molecule has 0 aliphatic carbocycles. The molecule has 26 heavy (non-hydrogen) atoms. The fourth-order valence-electron chi connectivity index (χ4n) is 3.05. The van der Waals surface area contributed by atoms with Crippen LogP contribution in [0.15, 0.2) is 42.3 Å². The zero-order chi connectivity index (χ0) is 19.2. The Morgan fingerprint density at radius 2 is 2.15 bits per heavy atom. The van der Waals surface area contributed by atoms with Gasteiger partial charge in [0.25, 0.3) is 0 Å². The Morgan fingerprint density at radius 3 is 2.85 bits per heavy atom. The van der Waals surface area contributed by atoms with Crippen molar-refractivity contribution in [2.75, 3.05) is 17.2 Å². The first kappa shape index (κ1) is 20.2. The molecule has 1 heterocycles. The van der Waals surface area contributed by atoms with E-state index >= 15 is 0 Å². The average molecular weight is 372 g/mol. The SMILES string of the molecule is C=CCNc1nc(-c2cccc(NC(=O)CC(C)CC(C)(C)C)c2)cs1. The summed E-state index contributed by atoms with van der Waals surface area (Å²) in [5.41, 5.74) is 2.94. The second kappa shape index (κ2) is 8.99. The van der Waals surface area contributed by atoms with Gasteiger partial charge in [0.05, 0.1) is 5.69 Å². The smallest absolute Gasteiger partial charge is 0.224 e. The van der Waals surface area contributed by atoms with Gasteiger partial charge in [0, 0.05) is 29.6 Å². The Hall–Kier alpha value is -2.14. The van der Waals surface area contributed by atoms with Crippen molar-refractivity contribution in [1.29, 1.82) is 0 Å². The van der Waals surface area contributed by atoms with Crippen molar-refractivity contribution in [2.24, 2.45) is 11.3 Å². The molecule has 0 fully saturated rings. The molecular weight excluding hydrogens is 342 g/mol. The molecule has 2 rings (SSSR count). The first-order valence-corrected chi connectivity index (χ1v) is 9.85. The van der Waals surface area contributed by atoms with Gasteiger partial charge in [-0.15, -0.1) is 17.9 Å². The molecule has 5 heteroatoms. The minimum atomic E-state index is 0.0607. The topological polar surface area (TPSA) is 54.0 Å². The van der Waals surface area contributed by atoms with Crippen molar-refractivity contribution in [1.82, 2.24) is 4.98 Å². The minimum Gasteiger partial charge on any atom is -0.358 e. The van der Waals surface area contributed by atoms with E-state index in [1.807, 2.05) is 29.6 Å². The van der Waals surface area contributed by atoms with Crippen molar-refractivity contribution < 1.29 is 4.79 Å². The molecule has 2 aromatic rings. The molecular formula is C21H29N3OS. The van der Waals surface area contributed by atoms with Crippen molar-refractivity contribution >= 4 is 28.1 Å². The zero-order valence-electron chi connectivity index (χ0n) is 16.1. The van der Waals surface area contributed by atoms with Crippen LogP contribution in [-0.2, 0) is 4.79 Å². The predicted molar refractivity (Wildman–Crippen MR) is 113 cm³/mol. The number of anilines is 2. The summed E-state index contributed by atoms with van der Waals surface area (Å²) in [7, 11) is 0. The highest BCUT2D eigenvalue weighted by Gasteiger charge is 2.18. The molecule has 0 spiro atoms. The Labute approximate surface area is 160 Å². The normalized spacial score (nSPS) is 12.5. The summed E-state index contributed by atoms with van der Waals surface area (Å²) in [4.78, 5) is 16.9. The molecule has 1 unspecified atom stereocenters. The molecule has 1 atom stereocenters. The van der Waals surface area contributed by atoms with Crippen molar-refractivity contribution in [3.8, 4) is 11.3 Å². The van der Waals surface area contributed by atoms with Gasteiger partial charge in [-0.1, -0.05) is 45.9 Å². The van der Waals surface area contributed by atoms with Crippen LogP contribution in [0.3, 0.4) is 0 Å². The quantitative estimate of drug-likeness (QED) is 0.576. The summed E-state index contributed by atoms with van der Waals surface area (Å²) < 4.78 is 0. The van der Waals surface area contributed by atoms with E-state index in [1.165, 1.54) is 0 Å². The van der Waals surface area contributed by atoms with E-state index in [1.54, 1.807) is 17.4 Å². The third-order valence-electron chi connectivity index (χ3n) is 3.84.